The van der Waals surface area contributed by atoms with Crippen molar-refractivity contribution in [3.8, 4) is 0 Å². The van der Waals surface area contributed by atoms with Crippen LogP contribution in [0, 0.1) is 0 Å². The summed E-state index contributed by atoms with van der Waals surface area (Å²) in [5.74, 6) is 0. The van der Waals surface area contributed by atoms with Crippen molar-refractivity contribution >= 4 is 23.5 Å². The van der Waals surface area contributed by atoms with Crippen LogP contribution >= 0.6 is 11.8 Å². The molecule has 4 nitrogen and oxygen atoms in total. The Hall–Kier alpha value is -1.20. The lowest BCUT2D eigenvalue weighted by molar-refractivity contribution is 0.252. The zero-order valence-corrected chi connectivity index (χ0v) is 13.8. The molecule has 0 heterocycles. The van der Waals surface area contributed by atoms with Crippen molar-refractivity contribution in [1.82, 2.24) is 10.6 Å². The number of hydrogen-bond donors (Lipinski definition) is 3. The van der Waals surface area contributed by atoms with Gasteiger partial charge in [-0.05, 0) is 50.3 Å². The van der Waals surface area contributed by atoms with Crippen molar-refractivity contribution in [3.63, 3.8) is 0 Å². The lowest BCUT2D eigenvalue weighted by atomic mass is 10.1. The zero-order chi connectivity index (χ0) is 15.3. The van der Waals surface area contributed by atoms with E-state index >= 15 is 0 Å². The van der Waals surface area contributed by atoms with Crippen LogP contribution in [0.25, 0.3) is 0 Å². The maximum atomic E-state index is 11.9. The highest BCUT2D eigenvalue weighted by Crippen LogP contribution is 2.46. The van der Waals surface area contributed by atoms with E-state index in [1.165, 1.54) is 18.4 Å². The third-order valence-electron chi connectivity index (χ3n) is 3.99. The van der Waals surface area contributed by atoms with Crippen LogP contribution in [-0.2, 0) is 0 Å². The highest BCUT2D eigenvalue weighted by Gasteiger charge is 2.41. The molecule has 0 spiro atoms. The predicted octanol–water partition coefficient (Wildman–Crippen LogP) is 3.37. The summed E-state index contributed by atoms with van der Waals surface area (Å²) in [4.78, 5) is 11.9. The summed E-state index contributed by atoms with van der Waals surface area (Å²) in [5.41, 5.74) is 2.05. The first-order valence-corrected chi connectivity index (χ1v) is 8.74. The summed E-state index contributed by atoms with van der Waals surface area (Å²) in [7, 11) is 0. The molecule has 0 radical (unpaired) electrons. The summed E-state index contributed by atoms with van der Waals surface area (Å²) in [6.45, 7) is 5.92. The summed E-state index contributed by atoms with van der Waals surface area (Å²) in [6, 6.07) is 8.20. The van der Waals surface area contributed by atoms with Gasteiger partial charge in [0.05, 0.1) is 0 Å². The molecule has 0 bridgehead atoms. The second kappa shape index (κ2) is 7.18. The smallest absolute Gasteiger partial charge is 0.319 e. The third kappa shape index (κ3) is 4.64. The quantitative estimate of drug-likeness (QED) is 0.724. The molecule has 2 amide bonds. The summed E-state index contributed by atoms with van der Waals surface area (Å²) in [5, 5.41) is 9.21. The Balaban J connectivity index is 1.81. The van der Waals surface area contributed by atoms with Gasteiger partial charge in [-0.1, -0.05) is 19.1 Å². The van der Waals surface area contributed by atoms with Gasteiger partial charge < -0.3 is 16.0 Å². The van der Waals surface area contributed by atoms with Gasteiger partial charge in [-0.15, -0.1) is 0 Å². The van der Waals surface area contributed by atoms with E-state index in [9.17, 15) is 4.79 Å². The molecular formula is C16H25N3OS. The topological polar surface area (TPSA) is 53.2 Å². The molecule has 1 fully saturated rings. The normalized spacial score (nSPS) is 17.1. The second-order valence-electron chi connectivity index (χ2n) is 5.60. The van der Waals surface area contributed by atoms with Crippen molar-refractivity contribution in [2.24, 2.45) is 0 Å². The highest BCUT2D eigenvalue weighted by molar-refractivity contribution is 8.00. The minimum absolute atomic E-state index is 0.122. The fourth-order valence-electron chi connectivity index (χ4n) is 2.29. The lowest BCUT2D eigenvalue weighted by Crippen LogP contribution is -2.35. The van der Waals surface area contributed by atoms with Gasteiger partial charge in [-0.3, -0.25) is 0 Å². The van der Waals surface area contributed by atoms with Crippen molar-refractivity contribution < 1.29 is 4.79 Å². The number of hydrogen-bond acceptors (Lipinski definition) is 3. The van der Waals surface area contributed by atoms with Crippen LogP contribution < -0.4 is 16.0 Å². The summed E-state index contributed by atoms with van der Waals surface area (Å²) >= 11 is 1.85. The van der Waals surface area contributed by atoms with E-state index in [1.54, 1.807) is 0 Å². The number of carbonyl (C=O) groups excluding carboxylic acids is 1. The van der Waals surface area contributed by atoms with Gasteiger partial charge in [-0.25, -0.2) is 4.79 Å². The van der Waals surface area contributed by atoms with E-state index < -0.39 is 0 Å². The number of amides is 2. The minimum atomic E-state index is -0.122. The van der Waals surface area contributed by atoms with E-state index in [4.69, 9.17) is 0 Å². The van der Waals surface area contributed by atoms with Gasteiger partial charge >= 0.3 is 6.03 Å². The van der Waals surface area contributed by atoms with Crippen molar-refractivity contribution in [3.05, 3.63) is 29.8 Å². The average molecular weight is 307 g/mol. The van der Waals surface area contributed by atoms with Crippen molar-refractivity contribution in [2.75, 3.05) is 24.7 Å². The van der Waals surface area contributed by atoms with Crippen molar-refractivity contribution in [2.45, 2.75) is 37.5 Å². The number of urea groups is 1. The standard InChI is InChI=1S/C16H25N3OS/c1-4-17-12(2)13-5-7-14(8-6-13)19-15(20)18-11-16(21-3)9-10-16/h5-8,12,17H,4,9-11H2,1-3H3,(H2,18,19,20). The zero-order valence-electron chi connectivity index (χ0n) is 13.0. The van der Waals surface area contributed by atoms with E-state index in [2.05, 4.69) is 36.1 Å². The van der Waals surface area contributed by atoms with E-state index in [-0.39, 0.29) is 6.03 Å². The average Bonchev–Trinajstić information content (AvgIpc) is 3.27. The number of nitrogens with one attached hydrogen (secondary N) is 3. The summed E-state index contributed by atoms with van der Waals surface area (Å²) in [6.07, 6.45) is 4.51. The lowest BCUT2D eigenvalue weighted by Gasteiger charge is -2.15. The van der Waals surface area contributed by atoms with Gasteiger partial charge in [0, 0.05) is 23.0 Å². The molecule has 2 rings (SSSR count). The molecule has 3 N–H and O–H groups in total. The van der Waals surface area contributed by atoms with Crippen LogP contribution in [0.15, 0.2) is 24.3 Å². The van der Waals surface area contributed by atoms with E-state index in [0.717, 1.165) is 18.8 Å². The van der Waals surface area contributed by atoms with Gasteiger partial charge in [0.15, 0.2) is 0 Å². The predicted molar refractivity (Wildman–Crippen MR) is 91.0 cm³/mol. The Morgan fingerprint density at radius 2 is 2.00 bits per heavy atom. The SMILES string of the molecule is CCNC(C)c1ccc(NC(=O)NCC2(SC)CC2)cc1. The molecule has 0 saturated heterocycles. The number of anilines is 1. The Bertz CT molecular complexity index is 471. The van der Waals surface area contributed by atoms with E-state index in [0.29, 0.717) is 10.8 Å². The Morgan fingerprint density at radius 3 is 2.52 bits per heavy atom. The molecule has 1 aromatic rings. The molecule has 0 aliphatic heterocycles. The Morgan fingerprint density at radius 1 is 1.33 bits per heavy atom. The van der Waals surface area contributed by atoms with Gasteiger partial charge in [0.1, 0.15) is 0 Å². The number of carbonyl (C=O) groups is 1. The summed E-state index contributed by atoms with van der Waals surface area (Å²) < 4.78 is 0.294. The maximum absolute atomic E-state index is 11.9. The molecule has 1 aromatic carbocycles. The maximum Gasteiger partial charge on any atom is 0.319 e. The first-order chi connectivity index (χ1) is 10.1. The van der Waals surface area contributed by atoms with Gasteiger partial charge in [0.2, 0.25) is 0 Å². The molecule has 1 unspecified atom stereocenters. The molecule has 116 valence electrons. The first-order valence-electron chi connectivity index (χ1n) is 7.52. The molecule has 1 atom stereocenters. The van der Waals surface area contributed by atoms with E-state index in [1.807, 2.05) is 36.0 Å². The molecule has 1 aliphatic rings. The van der Waals surface area contributed by atoms with Crippen molar-refractivity contribution in [1.29, 1.82) is 0 Å². The molecule has 1 saturated carbocycles. The number of benzene rings is 1. The second-order valence-corrected chi connectivity index (χ2v) is 6.87. The molecule has 21 heavy (non-hydrogen) atoms. The molecular weight excluding hydrogens is 282 g/mol. The fourth-order valence-corrected chi connectivity index (χ4v) is 3.02. The Kier molecular flexibility index (Phi) is 5.53. The highest BCUT2D eigenvalue weighted by atomic mass is 32.2. The number of rotatable bonds is 7. The molecule has 0 aromatic heterocycles. The fraction of sp³-hybridized carbons (Fsp3) is 0.562. The largest absolute Gasteiger partial charge is 0.336 e. The number of thioether (sulfide) groups is 1. The van der Waals surface area contributed by atoms with Gasteiger partial charge in [0.25, 0.3) is 0 Å². The first kappa shape index (κ1) is 16.2. The van der Waals surface area contributed by atoms with Crippen LogP contribution in [0.5, 0.6) is 0 Å². The monoisotopic (exact) mass is 307 g/mol. The van der Waals surface area contributed by atoms with Crippen LogP contribution in [0.4, 0.5) is 10.5 Å². The minimum Gasteiger partial charge on any atom is -0.336 e. The molecule has 1 aliphatic carbocycles. The third-order valence-corrected chi connectivity index (χ3v) is 5.41. The van der Waals surface area contributed by atoms with Gasteiger partial charge in [-0.2, -0.15) is 11.8 Å². The van der Waals surface area contributed by atoms with Crippen LogP contribution in [0.2, 0.25) is 0 Å². The Labute approximate surface area is 131 Å². The molecule has 5 heteroatoms. The van der Waals surface area contributed by atoms with Crippen LogP contribution in [-0.4, -0.2) is 30.1 Å². The van der Waals surface area contributed by atoms with Crippen LogP contribution in [0.1, 0.15) is 38.3 Å². The van der Waals surface area contributed by atoms with Crippen LogP contribution in [0.3, 0.4) is 0 Å².